The van der Waals surface area contributed by atoms with Gasteiger partial charge in [-0.1, -0.05) is 48.5 Å². The molecular formula is C22H30IN5O. The number of aliphatic imine (C=N–C) groups is 1. The number of amides is 1. The molecule has 1 saturated heterocycles. The average Bonchev–Trinajstić information content (AvgIpc) is 3.21. The Morgan fingerprint density at radius 3 is 2.45 bits per heavy atom. The van der Waals surface area contributed by atoms with Crippen LogP contribution in [0.25, 0.3) is 0 Å². The first-order chi connectivity index (χ1) is 13.7. The number of hydrogen-bond donors (Lipinski definition) is 3. The number of rotatable bonds is 7. The van der Waals surface area contributed by atoms with Gasteiger partial charge in [0.15, 0.2) is 5.96 Å². The first-order valence-electron chi connectivity index (χ1n) is 9.82. The monoisotopic (exact) mass is 507 g/mol. The van der Waals surface area contributed by atoms with Crippen LogP contribution in [0.5, 0.6) is 0 Å². The highest BCUT2D eigenvalue weighted by atomic mass is 127. The molecule has 3 N–H and O–H groups in total. The van der Waals surface area contributed by atoms with Crippen LogP contribution in [-0.4, -0.2) is 44.6 Å². The van der Waals surface area contributed by atoms with Crippen molar-refractivity contribution in [2.75, 3.05) is 31.6 Å². The Morgan fingerprint density at radius 1 is 1.07 bits per heavy atom. The largest absolute Gasteiger partial charge is 0.369 e. The van der Waals surface area contributed by atoms with E-state index < -0.39 is 0 Å². The number of para-hydroxylation sites is 1. The zero-order valence-corrected chi connectivity index (χ0v) is 19.1. The third-order valence-electron chi connectivity index (χ3n) is 4.85. The van der Waals surface area contributed by atoms with Crippen LogP contribution in [0.4, 0.5) is 5.69 Å². The molecule has 0 aliphatic carbocycles. The smallest absolute Gasteiger partial charge is 0.222 e. The fourth-order valence-corrected chi connectivity index (χ4v) is 3.32. The average molecular weight is 507 g/mol. The minimum absolute atomic E-state index is 0. The third kappa shape index (κ3) is 7.56. The van der Waals surface area contributed by atoms with Crippen molar-refractivity contribution in [3.05, 3.63) is 66.2 Å². The normalized spacial score (nSPS) is 16.1. The lowest BCUT2D eigenvalue weighted by atomic mass is 10.2. The van der Waals surface area contributed by atoms with Crippen LogP contribution >= 0.6 is 24.0 Å². The Bertz CT molecular complexity index is 769. The summed E-state index contributed by atoms with van der Waals surface area (Å²) in [6.07, 6.45) is 1.47. The highest BCUT2D eigenvalue weighted by Gasteiger charge is 2.23. The third-order valence-corrected chi connectivity index (χ3v) is 4.85. The Labute approximate surface area is 190 Å². The van der Waals surface area contributed by atoms with Crippen LogP contribution in [0.3, 0.4) is 0 Å². The molecule has 2 aromatic carbocycles. The summed E-state index contributed by atoms with van der Waals surface area (Å²) >= 11 is 0. The summed E-state index contributed by atoms with van der Waals surface area (Å²) in [7, 11) is 1.76. The maximum absolute atomic E-state index is 12.0. The summed E-state index contributed by atoms with van der Waals surface area (Å²) in [5.41, 5.74) is 2.36. The first-order valence-corrected chi connectivity index (χ1v) is 9.82. The van der Waals surface area contributed by atoms with Crippen molar-refractivity contribution >= 4 is 41.5 Å². The summed E-state index contributed by atoms with van der Waals surface area (Å²) in [4.78, 5) is 18.7. The highest BCUT2D eigenvalue weighted by molar-refractivity contribution is 14.0. The van der Waals surface area contributed by atoms with Crippen molar-refractivity contribution in [3.8, 4) is 0 Å². The van der Waals surface area contributed by atoms with Gasteiger partial charge in [-0.25, -0.2) is 0 Å². The van der Waals surface area contributed by atoms with Crippen LogP contribution in [0.2, 0.25) is 0 Å². The van der Waals surface area contributed by atoms with Gasteiger partial charge in [0.25, 0.3) is 0 Å². The molecule has 1 aliphatic heterocycles. The highest BCUT2D eigenvalue weighted by Crippen LogP contribution is 2.19. The second-order valence-electron chi connectivity index (χ2n) is 6.92. The number of nitrogens with zero attached hydrogens (tertiary/aromatic N) is 2. The van der Waals surface area contributed by atoms with Gasteiger partial charge < -0.3 is 20.9 Å². The fraction of sp³-hybridized carbons (Fsp3) is 0.364. The number of carbonyl (C=O) groups is 1. The zero-order valence-electron chi connectivity index (χ0n) is 16.8. The van der Waals surface area contributed by atoms with Gasteiger partial charge in [-0.05, 0) is 24.1 Å². The van der Waals surface area contributed by atoms with E-state index in [9.17, 15) is 4.79 Å². The minimum atomic E-state index is 0. The molecule has 0 radical (unpaired) electrons. The van der Waals surface area contributed by atoms with E-state index in [-0.39, 0.29) is 29.9 Å². The van der Waals surface area contributed by atoms with Crippen molar-refractivity contribution in [2.24, 2.45) is 4.99 Å². The lowest BCUT2D eigenvalue weighted by Crippen LogP contribution is -2.45. The van der Waals surface area contributed by atoms with Gasteiger partial charge in [0.2, 0.25) is 5.91 Å². The SMILES string of the molecule is CN=C(NCCC(=O)NCc1ccccc1)NC1CCN(c2ccccc2)C1.I. The predicted octanol–water partition coefficient (Wildman–Crippen LogP) is 2.75. The van der Waals surface area contributed by atoms with E-state index in [4.69, 9.17) is 0 Å². The number of guanidine groups is 1. The van der Waals surface area contributed by atoms with Gasteiger partial charge >= 0.3 is 0 Å². The van der Waals surface area contributed by atoms with E-state index in [2.05, 4.69) is 50.1 Å². The van der Waals surface area contributed by atoms with Crippen molar-refractivity contribution in [3.63, 3.8) is 0 Å². The molecule has 0 saturated carbocycles. The molecule has 0 aromatic heterocycles. The number of hydrogen-bond acceptors (Lipinski definition) is 3. The molecule has 7 heteroatoms. The van der Waals surface area contributed by atoms with Gasteiger partial charge in [-0.3, -0.25) is 9.79 Å². The molecule has 1 aliphatic rings. The number of anilines is 1. The van der Waals surface area contributed by atoms with E-state index in [1.165, 1.54) is 5.69 Å². The number of carbonyl (C=O) groups excluding carboxylic acids is 1. The number of nitrogens with one attached hydrogen (secondary N) is 3. The van der Waals surface area contributed by atoms with Crippen LogP contribution in [0, 0.1) is 0 Å². The predicted molar refractivity (Wildman–Crippen MR) is 130 cm³/mol. The summed E-state index contributed by atoms with van der Waals surface area (Å²) < 4.78 is 0. The second-order valence-corrected chi connectivity index (χ2v) is 6.92. The number of benzene rings is 2. The molecule has 1 atom stereocenters. The molecule has 1 unspecified atom stereocenters. The van der Waals surface area contributed by atoms with Crippen LogP contribution in [-0.2, 0) is 11.3 Å². The molecule has 1 amide bonds. The van der Waals surface area contributed by atoms with Gasteiger partial charge in [0.1, 0.15) is 0 Å². The molecule has 2 aromatic rings. The standard InChI is InChI=1S/C22H29N5O.HI/c1-23-22(24-14-12-21(28)25-16-18-8-4-2-5-9-18)26-19-13-15-27(17-19)20-10-6-3-7-11-20;/h2-11,19H,12-17H2,1H3,(H,25,28)(H2,23,24,26);1H. The summed E-state index contributed by atoms with van der Waals surface area (Å²) in [6, 6.07) is 20.7. The van der Waals surface area contributed by atoms with Gasteiger partial charge in [-0.2, -0.15) is 0 Å². The lowest BCUT2D eigenvalue weighted by Gasteiger charge is -2.20. The van der Waals surface area contributed by atoms with Crippen molar-refractivity contribution < 1.29 is 4.79 Å². The molecule has 29 heavy (non-hydrogen) atoms. The van der Waals surface area contributed by atoms with E-state index in [0.717, 1.165) is 31.0 Å². The van der Waals surface area contributed by atoms with Gasteiger partial charge in [0.05, 0.1) is 0 Å². The molecule has 0 bridgehead atoms. The lowest BCUT2D eigenvalue weighted by molar-refractivity contribution is -0.121. The van der Waals surface area contributed by atoms with Crippen molar-refractivity contribution in [1.82, 2.24) is 16.0 Å². The first kappa shape index (κ1) is 23.0. The van der Waals surface area contributed by atoms with E-state index >= 15 is 0 Å². The second kappa shape index (κ2) is 12.3. The molecule has 1 heterocycles. The van der Waals surface area contributed by atoms with E-state index in [0.29, 0.717) is 25.6 Å². The molecule has 1 fully saturated rings. The number of halogens is 1. The Hall–Kier alpha value is -2.29. The van der Waals surface area contributed by atoms with E-state index in [1.54, 1.807) is 7.05 Å². The Balaban J connectivity index is 0.00000300. The van der Waals surface area contributed by atoms with Crippen molar-refractivity contribution in [1.29, 1.82) is 0 Å². The summed E-state index contributed by atoms with van der Waals surface area (Å²) in [6.45, 7) is 3.09. The van der Waals surface area contributed by atoms with Crippen LogP contribution in [0.1, 0.15) is 18.4 Å². The van der Waals surface area contributed by atoms with Gasteiger partial charge in [-0.15, -0.1) is 24.0 Å². The van der Waals surface area contributed by atoms with E-state index in [1.807, 2.05) is 36.4 Å². The molecule has 156 valence electrons. The maximum Gasteiger partial charge on any atom is 0.222 e. The molecule has 0 spiro atoms. The van der Waals surface area contributed by atoms with Crippen molar-refractivity contribution in [2.45, 2.75) is 25.4 Å². The topological polar surface area (TPSA) is 68.8 Å². The van der Waals surface area contributed by atoms with Crippen LogP contribution in [0.15, 0.2) is 65.7 Å². The summed E-state index contributed by atoms with van der Waals surface area (Å²) in [5.74, 6) is 0.777. The van der Waals surface area contributed by atoms with Gasteiger partial charge in [0, 0.05) is 51.4 Å². The minimum Gasteiger partial charge on any atom is -0.369 e. The Kier molecular flexibility index (Phi) is 9.76. The summed E-state index contributed by atoms with van der Waals surface area (Å²) in [5, 5.41) is 9.64. The molecule has 6 nitrogen and oxygen atoms in total. The molecular weight excluding hydrogens is 477 g/mol. The zero-order chi connectivity index (χ0) is 19.6. The van der Waals surface area contributed by atoms with Crippen LogP contribution < -0.4 is 20.9 Å². The fourth-order valence-electron chi connectivity index (χ4n) is 3.32. The maximum atomic E-state index is 12.0. The Morgan fingerprint density at radius 2 is 1.76 bits per heavy atom. The molecule has 3 rings (SSSR count). The quantitative estimate of drug-likeness (QED) is 0.307.